The maximum absolute atomic E-state index is 12.7. The zero-order valence-corrected chi connectivity index (χ0v) is 13.5. The predicted molar refractivity (Wildman–Crippen MR) is 81.9 cm³/mol. The van der Waals surface area contributed by atoms with Crippen LogP contribution in [0.15, 0.2) is 0 Å². The molecular formula is C15H28N4O2. The summed E-state index contributed by atoms with van der Waals surface area (Å²) in [6.45, 7) is 7.89. The van der Waals surface area contributed by atoms with Crippen molar-refractivity contribution in [3.05, 3.63) is 0 Å². The van der Waals surface area contributed by atoms with E-state index in [0.29, 0.717) is 19.4 Å². The molecule has 6 nitrogen and oxygen atoms in total. The van der Waals surface area contributed by atoms with Gasteiger partial charge in [0.1, 0.15) is 5.41 Å². The van der Waals surface area contributed by atoms with Gasteiger partial charge in [-0.25, -0.2) is 0 Å². The first-order valence-electron chi connectivity index (χ1n) is 7.94. The molecule has 2 amide bonds. The third-order valence-corrected chi connectivity index (χ3v) is 4.55. The highest BCUT2D eigenvalue weighted by atomic mass is 16.2. The molecule has 0 aromatic rings. The second kappa shape index (κ2) is 6.75. The number of rotatable bonds is 6. The fourth-order valence-corrected chi connectivity index (χ4v) is 2.80. The molecule has 1 heterocycles. The molecule has 0 unspecified atom stereocenters. The van der Waals surface area contributed by atoms with Gasteiger partial charge in [0.2, 0.25) is 11.8 Å². The molecule has 2 fully saturated rings. The summed E-state index contributed by atoms with van der Waals surface area (Å²) in [5.41, 5.74) is -0.749. The van der Waals surface area contributed by atoms with Gasteiger partial charge in [0, 0.05) is 39.3 Å². The zero-order chi connectivity index (χ0) is 15.5. The van der Waals surface area contributed by atoms with E-state index in [2.05, 4.69) is 17.1 Å². The SMILES string of the molecule is CCN1CCN(C(=O)C2(C(=O)NCCN(C)C)CC2)CC1. The van der Waals surface area contributed by atoms with E-state index in [0.717, 1.165) is 39.3 Å². The van der Waals surface area contributed by atoms with Gasteiger partial charge >= 0.3 is 0 Å². The molecule has 21 heavy (non-hydrogen) atoms. The summed E-state index contributed by atoms with van der Waals surface area (Å²) >= 11 is 0. The summed E-state index contributed by atoms with van der Waals surface area (Å²) < 4.78 is 0. The number of likely N-dealkylation sites (N-methyl/N-ethyl adjacent to an activating group) is 2. The zero-order valence-electron chi connectivity index (χ0n) is 13.5. The number of nitrogens with zero attached hydrogens (tertiary/aromatic N) is 3. The predicted octanol–water partition coefficient (Wildman–Crippen LogP) is -0.391. The van der Waals surface area contributed by atoms with Gasteiger partial charge in [0.05, 0.1) is 0 Å². The van der Waals surface area contributed by atoms with Crippen LogP contribution < -0.4 is 5.32 Å². The lowest BCUT2D eigenvalue weighted by Gasteiger charge is -2.35. The molecule has 0 aromatic carbocycles. The van der Waals surface area contributed by atoms with E-state index in [1.165, 1.54) is 0 Å². The summed E-state index contributed by atoms with van der Waals surface area (Å²) in [4.78, 5) is 31.2. The lowest BCUT2D eigenvalue weighted by atomic mass is 10.0. The smallest absolute Gasteiger partial charge is 0.238 e. The van der Waals surface area contributed by atoms with Crippen LogP contribution in [-0.4, -0.2) is 86.4 Å². The first-order valence-corrected chi connectivity index (χ1v) is 7.94. The Balaban J connectivity index is 1.85. The van der Waals surface area contributed by atoms with Gasteiger partial charge in [-0.05, 0) is 33.5 Å². The van der Waals surface area contributed by atoms with Crippen molar-refractivity contribution in [2.75, 3.05) is 59.9 Å². The van der Waals surface area contributed by atoms with Crippen LogP contribution in [0.4, 0.5) is 0 Å². The van der Waals surface area contributed by atoms with Gasteiger partial charge in [-0.1, -0.05) is 6.92 Å². The minimum absolute atomic E-state index is 0.0422. The molecule has 0 atom stereocenters. The van der Waals surface area contributed by atoms with E-state index in [1.807, 2.05) is 23.9 Å². The van der Waals surface area contributed by atoms with E-state index in [9.17, 15) is 9.59 Å². The Labute approximate surface area is 127 Å². The van der Waals surface area contributed by atoms with Crippen molar-refractivity contribution in [3.63, 3.8) is 0 Å². The van der Waals surface area contributed by atoms with Gasteiger partial charge < -0.3 is 20.0 Å². The molecule has 0 radical (unpaired) electrons. The minimum atomic E-state index is -0.749. The van der Waals surface area contributed by atoms with E-state index < -0.39 is 5.41 Å². The van der Waals surface area contributed by atoms with Crippen LogP contribution >= 0.6 is 0 Å². The van der Waals surface area contributed by atoms with Crippen molar-refractivity contribution < 1.29 is 9.59 Å². The standard InChI is InChI=1S/C15H28N4O2/c1-4-18-9-11-19(12-10-18)14(21)15(5-6-15)13(20)16-7-8-17(2)3/h4-12H2,1-3H3,(H,16,20). The van der Waals surface area contributed by atoms with Crippen LogP contribution in [0.1, 0.15) is 19.8 Å². The summed E-state index contributed by atoms with van der Waals surface area (Å²) in [6.07, 6.45) is 1.40. The van der Waals surface area contributed by atoms with E-state index in [-0.39, 0.29) is 11.8 Å². The molecule has 0 aromatic heterocycles. The van der Waals surface area contributed by atoms with Crippen molar-refractivity contribution >= 4 is 11.8 Å². The Hall–Kier alpha value is -1.14. The monoisotopic (exact) mass is 296 g/mol. The fourth-order valence-electron chi connectivity index (χ4n) is 2.80. The van der Waals surface area contributed by atoms with Crippen LogP contribution in [0, 0.1) is 5.41 Å². The molecule has 0 spiro atoms. The van der Waals surface area contributed by atoms with E-state index >= 15 is 0 Å². The molecule has 2 aliphatic rings. The number of carbonyl (C=O) groups is 2. The quantitative estimate of drug-likeness (QED) is 0.678. The summed E-state index contributed by atoms with van der Waals surface area (Å²) in [6, 6.07) is 0. The second-order valence-electron chi connectivity index (χ2n) is 6.37. The number of hydrogen-bond acceptors (Lipinski definition) is 4. The fraction of sp³-hybridized carbons (Fsp3) is 0.867. The Kier molecular flexibility index (Phi) is 5.22. The largest absolute Gasteiger partial charge is 0.354 e. The lowest BCUT2D eigenvalue weighted by molar-refractivity contribution is -0.145. The first-order chi connectivity index (χ1) is 9.99. The number of nitrogens with one attached hydrogen (secondary N) is 1. The molecular weight excluding hydrogens is 268 g/mol. The molecule has 1 saturated heterocycles. The normalized spacial score (nSPS) is 21.4. The molecule has 1 saturated carbocycles. The Bertz CT molecular complexity index is 385. The van der Waals surface area contributed by atoms with E-state index in [4.69, 9.17) is 0 Å². The topological polar surface area (TPSA) is 55.9 Å². The highest BCUT2D eigenvalue weighted by Gasteiger charge is 2.57. The maximum Gasteiger partial charge on any atom is 0.238 e. The van der Waals surface area contributed by atoms with Gasteiger partial charge in [-0.15, -0.1) is 0 Å². The number of hydrogen-bond donors (Lipinski definition) is 1. The van der Waals surface area contributed by atoms with Crippen LogP contribution in [0.5, 0.6) is 0 Å². The molecule has 1 N–H and O–H groups in total. The van der Waals surface area contributed by atoms with Crippen molar-refractivity contribution in [2.45, 2.75) is 19.8 Å². The lowest BCUT2D eigenvalue weighted by Crippen LogP contribution is -2.53. The van der Waals surface area contributed by atoms with Crippen molar-refractivity contribution in [3.8, 4) is 0 Å². The Morgan fingerprint density at radius 1 is 1.14 bits per heavy atom. The Morgan fingerprint density at radius 3 is 2.24 bits per heavy atom. The van der Waals surface area contributed by atoms with Gasteiger partial charge in [0.25, 0.3) is 0 Å². The minimum Gasteiger partial charge on any atom is -0.354 e. The van der Waals surface area contributed by atoms with Crippen LogP contribution in [0.2, 0.25) is 0 Å². The highest BCUT2D eigenvalue weighted by molar-refractivity contribution is 6.07. The van der Waals surface area contributed by atoms with Crippen LogP contribution in [0.3, 0.4) is 0 Å². The first kappa shape index (κ1) is 16.2. The molecule has 6 heteroatoms. The van der Waals surface area contributed by atoms with Crippen LogP contribution in [0.25, 0.3) is 0 Å². The number of piperazine rings is 1. The Morgan fingerprint density at radius 2 is 1.76 bits per heavy atom. The average Bonchev–Trinajstić information content (AvgIpc) is 3.28. The summed E-state index contributed by atoms with van der Waals surface area (Å²) in [5.74, 6) is -0.0344. The maximum atomic E-state index is 12.7. The molecule has 1 aliphatic heterocycles. The molecule has 0 bridgehead atoms. The second-order valence-corrected chi connectivity index (χ2v) is 6.37. The summed E-state index contributed by atoms with van der Waals surface area (Å²) in [7, 11) is 3.94. The van der Waals surface area contributed by atoms with Gasteiger partial charge in [-0.3, -0.25) is 9.59 Å². The van der Waals surface area contributed by atoms with Gasteiger partial charge in [-0.2, -0.15) is 0 Å². The van der Waals surface area contributed by atoms with Crippen LogP contribution in [-0.2, 0) is 9.59 Å². The number of carbonyl (C=O) groups excluding carboxylic acids is 2. The molecule has 120 valence electrons. The summed E-state index contributed by atoms with van der Waals surface area (Å²) in [5, 5.41) is 2.92. The third kappa shape index (κ3) is 3.74. The highest BCUT2D eigenvalue weighted by Crippen LogP contribution is 2.47. The van der Waals surface area contributed by atoms with E-state index in [1.54, 1.807) is 0 Å². The van der Waals surface area contributed by atoms with Crippen molar-refractivity contribution in [1.82, 2.24) is 20.0 Å². The molecule has 1 aliphatic carbocycles. The van der Waals surface area contributed by atoms with Crippen molar-refractivity contribution in [1.29, 1.82) is 0 Å². The average molecular weight is 296 g/mol. The molecule has 2 rings (SSSR count). The third-order valence-electron chi connectivity index (χ3n) is 4.55. The van der Waals surface area contributed by atoms with Gasteiger partial charge in [0.15, 0.2) is 0 Å². The van der Waals surface area contributed by atoms with Crippen molar-refractivity contribution in [2.24, 2.45) is 5.41 Å². The number of amides is 2.